The highest BCUT2D eigenvalue weighted by molar-refractivity contribution is 5.93. The molecule has 0 amide bonds. The molecule has 0 aliphatic heterocycles. The summed E-state index contributed by atoms with van der Waals surface area (Å²) >= 11 is 0. The van der Waals surface area contributed by atoms with Gasteiger partial charge in [0.25, 0.3) is 0 Å². The van der Waals surface area contributed by atoms with Crippen LogP contribution in [0.2, 0.25) is 0 Å². The van der Waals surface area contributed by atoms with E-state index in [9.17, 15) is 9.59 Å². The number of rotatable bonds is 27. The van der Waals surface area contributed by atoms with E-state index in [0.717, 1.165) is 83.5 Å². The van der Waals surface area contributed by atoms with Crippen molar-refractivity contribution in [2.24, 2.45) is 5.92 Å². The van der Waals surface area contributed by atoms with Crippen LogP contribution in [-0.4, -0.2) is 12.1 Å². The monoisotopic (exact) mass is 521 g/mol. The zero-order valence-electron chi connectivity index (χ0n) is 24.8. The third-order valence-electron chi connectivity index (χ3n) is 6.50. The Morgan fingerprint density at radius 2 is 0.921 bits per heavy atom. The average molecular weight is 522 g/mol. The van der Waals surface area contributed by atoms with Crippen molar-refractivity contribution in [3.8, 4) is 0 Å². The van der Waals surface area contributed by atoms with E-state index in [-0.39, 0.29) is 5.78 Å². The lowest BCUT2D eigenvalue weighted by Gasteiger charge is -2.08. The summed E-state index contributed by atoms with van der Waals surface area (Å²) in [5.41, 5.74) is 0. The summed E-state index contributed by atoms with van der Waals surface area (Å²) < 4.78 is 0. The molecule has 1 atom stereocenters. The number of Topliss-reactive ketones (excluding diaryl/α,β-unsaturated/α-hetero) is 1. The van der Waals surface area contributed by atoms with Gasteiger partial charge in [0, 0.05) is 6.42 Å². The molecule has 213 valence electrons. The molecule has 0 aliphatic rings. The summed E-state index contributed by atoms with van der Waals surface area (Å²) in [5, 5.41) is 0. The van der Waals surface area contributed by atoms with E-state index in [4.69, 9.17) is 0 Å². The van der Waals surface area contributed by atoms with Crippen LogP contribution in [0.25, 0.3) is 0 Å². The molecule has 0 spiro atoms. The maximum Gasteiger partial charge on any atom is 0.209 e. The van der Waals surface area contributed by atoms with E-state index in [1.54, 1.807) is 0 Å². The van der Waals surface area contributed by atoms with Gasteiger partial charge in [-0.25, -0.2) is 0 Å². The highest BCUT2D eigenvalue weighted by Crippen LogP contribution is 2.15. The molecular formula is C36H57O2. The van der Waals surface area contributed by atoms with Gasteiger partial charge in [-0.05, 0) is 77.0 Å². The topological polar surface area (TPSA) is 34.1 Å². The van der Waals surface area contributed by atoms with Crippen LogP contribution in [0, 0.1) is 5.92 Å². The number of carbonyl (C=O) groups excluding carboxylic acids is 2. The number of hydrogen-bond acceptors (Lipinski definition) is 2. The molecule has 0 saturated heterocycles. The smallest absolute Gasteiger partial charge is 0.209 e. The molecule has 0 aromatic carbocycles. The molecular weight excluding hydrogens is 464 g/mol. The van der Waals surface area contributed by atoms with Crippen molar-refractivity contribution in [2.45, 2.75) is 136 Å². The summed E-state index contributed by atoms with van der Waals surface area (Å²) in [5.74, 6) is -0.405. The fourth-order valence-corrected chi connectivity index (χ4v) is 4.17. The first-order chi connectivity index (χ1) is 18.8. The molecule has 0 heterocycles. The van der Waals surface area contributed by atoms with Gasteiger partial charge in [-0.2, -0.15) is 0 Å². The van der Waals surface area contributed by atoms with Crippen LogP contribution < -0.4 is 0 Å². The lowest BCUT2D eigenvalue weighted by molar-refractivity contribution is -0.121. The lowest BCUT2D eigenvalue weighted by atomic mass is 9.94. The first-order valence-corrected chi connectivity index (χ1v) is 15.6. The largest absolute Gasteiger partial charge is 0.299 e. The number of carbonyl (C=O) groups is 1. The summed E-state index contributed by atoms with van der Waals surface area (Å²) in [7, 11) is 0. The minimum atomic E-state index is -0.504. The number of ketones is 1. The van der Waals surface area contributed by atoms with Crippen LogP contribution in [0.15, 0.2) is 72.9 Å². The molecule has 0 fully saturated rings. The third-order valence-corrected chi connectivity index (χ3v) is 6.50. The first kappa shape index (κ1) is 35.8. The second kappa shape index (κ2) is 31.0. The molecule has 0 bridgehead atoms. The van der Waals surface area contributed by atoms with Gasteiger partial charge < -0.3 is 0 Å². The zero-order valence-corrected chi connectivity index (χ0v) is 24.8. The molecule has 1 radical (unpaired) electrons. The van der Waals surface area contributed by atoms with Crippen LogP contribution >= 0.6 is 0 Å². The van der Waals surface area contributed by atoms with E-state index < -0.39 is 5.92 Å². The highest BCUT2D eigenvalue weighted by atomic mass is 16.1. The molecule has 0 aromatic heterocycles. The summed E-state index contributed by atoms with van der Waals surface area (Å²) in [6, 6.07) is 0. The minimum Gasteiger partial charge on any atom is -0.299 e. The van der Waals surface area contributed by atoms with Crippen molar-refractivity contribution in [2.75, 3.05) is 0 Å². The fraction of sp³-hybridized carbons (Fsp3) is 0.611. The van der Waals surface area contributed by atoms with E-state index >= 15 is 0 Å². The van der Waals surface area contributed by atoms with Crippen LogP contribution in [0.5, 0.6) is 0 Å². The predicted molar refractivity (Wildman–Crippen MR) is 168 cm³/mol. The maximum absolute atomic E-state index is 12.4. The van der Waals surface area contributed by atoms with Crippen LogP contribution in [0.1, 0.15) is 136 Å². The Morgan fingerprint density at radius 3 is 1.39 bits per heavy atom. The summed E-state index contributed by atoms with van der Waals surface area (Å²) in [6.07, 6.45) is 48.4. The first-order valence-electron chi connectivity index (χ1n) is 15.6. The Balaban J connectivity index is 3.63. The van der Waals surface area contributed by atoms with Crippen LogP contribution in [-0.2, 0) is 9.59 Å². The number of allylic oxidation sites excluding steroid dienone is 12. The zero-order chi connectivity index (χ0) is 27.8. The average Bonchev–Trinajstić information content (AvgIpc) is 2.93. The Hall–Kier alpha value is -2.22. The van der Waals surface area contributed by atoms with E-state index in [1.807, 2.05) is 6.29 Å². The molecule has 38 heavy (non-hydrogen) atoms. The quantitative estimate of drug-likeness (QED) is 0.0612. The lowest BCUT2D eigenvalue weighted by Crippen LogP contribution is -2.15. The second-order valence-electron chi connectivity index (χ2n) is 10.0. The molecule has 0 saturated carbocycles. The number of unbranched alkanes of at least 4 members (excludes halogenated alkanes) is 9. The fourth-order valence-electron chi connectivity index (χ4n) is 4.17. The molecule has 0 rings (SSSR count). The normalized spacial score (nSPS) is 13.4. The van der Waals surface area contributed by atoms with E-state index in [1.165, 1.54) is 25.7 Å². The van der Waals surface area contributed by atoms with Crippen LogP contribution in [0.4, 0.5) is 0 Å². The van der Waals surface area contributed by atoms with Gasteiger partial charge in [0.05, 0.1) is 5.92 Å². The summed E-state index contributed by atoms with van der Waals surface area (Å²) in [6.45, 7) is 4.31. The standard InChI is InChI=1S/C36H57O2/c1-3-5-7-9-11-13-15-17-19-21-23-25-27-29-31-33-36(38)35(34-37)32-30-28-26-24-22-20-18-16-14-12-10-8-6-4-2/h5-8,11-14,17-20,35H,3-4,9-10,15-16,21-33H2,1-2H3/b7-5?,8-6-,13-11?,14-12-,19-17?,20-18-. The summed E-state index contributed by atoms with van der Waals surface area (Å²) in [4.78, 5) is 23.7. The van der Waals surface area contributed by atoms with Gasteiger partial charge in [-0.15, -0.1) is 0 Å². The molecule has 1 unspecified atom stereocenters. The third kappa shape index (κ3) is 26.8. The minimum absolute atomic E-state index is 0.0994. The number of hydrogen-bond donors (Lipinski definition) is 0. The van der Waals surface area contributed by atoms with Gasteiger partial charge in [0.2, 0.25) is 6.29 Å². The Kier molecular flexibility index (Phi) is 29.2. The Labute approximate surface area is 236 Å². The van der Waals surface area contributed by atoms with Crippen molar-refractivity contribution >= 4 is 12.1 Å². The SMILES string of the molecule is CCC=CCC=CCC=CCCCCCCCC(=O)C([C]=O)CCCCCC/C=C\C/C=C\C/C=C\CC. The van der Waals surface area contributed by atoms with Gasteiger partial charge in [0.15, 0.2) is 0 Å². The Bertz CT molecular complexity index is 705. The van der Waals surface area contributed by atoms with Crippen molar-refractivity contribution in [1.29, 1.82) is 0 Å². The maximum atomic E-state index is 12.4. The van der Waals surface area contributed by atoms with Crippen molar-refractivity contribution in [3.63, 3.8) is 0 Å². The van der Waals surface area contributed by atoms with E-state index in [2.05, 4.69) is 86.8 Å². The van der Waals surface area contributed by atoms with Crippen molar-refractivity contribution in [3.05, 3.63) is 72.9 Å². The predicted octanol–water partition coefficient (Wildman–Crippen LogP) is 11.1. The molecule has 0 N–H and O–H groups in total. The Morgan fingerprint density at radius 1 is 0.526 bits per heavy atom. The molecule has 0 aromatic rings. The van der Waals surface area contributed by atoms with Gasteiger partial charge in [0.1, 0.15) is 5.78 Å². The second-order valence-corrected chi connectivity index (χ2v) is 10.0. The van der Waals surface area contributed by atoms with E-state index in [0.29, 0.717) is 12.8 Å². The van der Waals surface area contributed by atoms with Crippen LogP contribution in [0.3, 0.4) is 0 Å². The van der Waals surface area contributed by atoms with Gasteiger partial charge in [-0.3, -0.25) is 9.59 Å². The molecule has 2 heteroatoms. The van der Waals surface area contributed by atoms with Gasteiger partial charge >= 0.3 is 0 Å². The highest BCUT2D eigenvalue weighted by Gasteiger charge is 2.17. The van der Waals surface area contributed by atoms with Crippen molar-refractivity contribution in [1.82, 2.24) is 0 Å². The van der Waals surface area contributed by atoms with Gasteiger partial charge in [-0.1, -0.05) is 125 Å². The molecule has 0 aliphatic carbocycles. The molecule has 2 nitrogen and oxygen atoms in total. The van der Waals surface area contributed by atoms with Crippen molar-refractivity contribution < 1.29 is 9.59 Å².